The number of halogens is 2. The van der Waals surface area contributed by atoms with Gasteiger partial charge in [-0.1, -0.05) is 36.2 Å². The second-order valence-corrected chi connectivity index (χ2v) is 7.01. The van der Waals surface area contributed by atoms with E-state index in [1.807, 2.05) is 12.1 Å². The molecule has 1 unspecified atom stereocenters. The van der Waals surface area contributed by atoms with E-state index in [0.717, 1.165) is 19.3 Å². The smallest absolute Gasteiger partial charge is 0.0595 e. The minimum absolute atomic E-state index is 0.0917. The Kier molecular flexibility index (Phi) is 4.02. The summed E-state index contributed by atoms with van der Waals surface area (Å²) < 4.78 is 0. The predicted octanol–water partition coefficient (Wildman–Crippen LogP) is 3.99. The lowest BCUT2D eigenvalue weighted by molar-refractivity contribution is 0.0784. The largest absolute Gasteiger partial charge is 0.396 e. The van der Waals surface area contributed by atoms with E-state index < -0.39 is 0 Å². The molecule has 20 heavy (non-hydrogen) atoms. The standard InChI is InChI=1S/C16H21Cl2NO/c1-2-16-6-5-11(19-16)8-12(13(16)9-20)10-3-4-14(17)15(18)7-10/h3-4,7,11-13,19-20H,2,5-6,8-9H2,1H3/t11-,12+,13+,16?/m0/s1. The molecular weight excluding hydrogens is 293 g/mol. The van der Waals surface area contributed by atoms with Crippen LogP contribution in [0.1, 0.15) is 44.1 Å². The Morgan fingerprint density at radius 1 is 1.35 bits per heavy atom. The first-order chi connectivity index (χ1) is 9.59. The van der Waals surface area contributed by atoms with Gasteiger partial charge in [-0.2, -0.15) is 0 Å². The van der Waals surface area contributed by atoms with Gasteiger partial charge in [0.1, 0.15) is 0 Å². The predicted molar refractivity (Wildman–Crippen MR) is 83.6 cm³/mol. The van der Waals surface area contributed by atoms with E-state index >= 15 is 0 Å². The van der Waals surface area contributed by atoms with E-state index in [9.17, 15) is 5.11 Å². The van der Waals surface area contributed by atoms with Crippen LogP contribution in [0.3, 0.4) is 0 Å². The summed E-state index contributed by atoms with van der Waals surface area (Å²) in [7, 11) is 0. The molecule has 2 N–H and O–H groups in total. The van der Waals surface area contributed by atoms with Gasteiger partial charge in [0.2, 0.25) is 0 Å². The van der Waals surface area contributed by atoms with Crippen molar-refractivity contribution in [1.82, 2.24) is 5.32 Å². The highest BCUT2D eigenvalue weighted by atomic mass is 35.5. The molecule has 2 bridgehead atoms. The molecule has 0 amide bonds. The van der Waals surface area contributed by atoms with Gasteiger partial charge < -0.3 is 10.4 Å². The maximum atomic E-state index is 9.96. The maximum Gasteiger partial charge on any atom is 0.0595 e. The van der Waals surface area contributed by atoms with E-state index in [2.05, 4.69) is 18.3 Å². The van der Waals surface area contributed by atoms with Gasteiger partial charge >= 0.3 is 0 Å². The van der Waals surface area contributed by atoms with Gasteiger partial charge in [-0.3, -0.25) is 0 Å². The zero-order valence-electron chi connectivity index (χ0n) is 11.7. The van der Waals surface area contributed by atoms with E-state index in [1.165, 1.54) is 12.0 Å². The molecule has 2 saturated heterocycles. The van der Waals surface area contributed by atoms with Crippen molar-refractivity contribution in [2.45, 2.75) is 50.1 Å². The van der Waals surface area contributed by atoms with Crippen LogP contribution in [0.25, 0.3) is 0 Å². The van der Waals surface area contributed by atoms with Gasteiger partial charge in [0.25, 0.3) is 0 Å². The normalized spacial score (nSPS) is 36.3. The van der Waals surface area contributed by atoms with Gasteiger partial charge in [0.05, 0.1) is 10.0 Å². The van der Waals surface area contributed by atoms with Crippen LogP contribution >= 0.6 is 23.2 Å². The second kappa shape index (κ2) is 5.49. The zero-order chi connectivity index (χ0) is 14.3. The highest BCUT2D eigenvalue weighted by Crippen LogP contribution is 2.49. The van der Waals surface area contributed by atoms with Crippen molar-refractivity contribution in [3.63, 3.8) is 0 Å². The van der Waals surface area contributed by atoms with E-state index in [4.69, 9.17) is 23.2 Å². The monoisotopic (exact) mass is 313 g/mol. The maximum absolute atomic E-state index is 9.96. The fourth-order valence-corrected chi connectivity index (χ4v) is 4.57. The second-order valence-electron chi connectivity index (χ2n) is 6.19. The van der Waals surface area contributed by atoms with Crippen LogP contribution < -0.4 is 5.32 Å². The highest BCUT2D eigenvalue weighted by Gasteiger charge is 2.51. The summed E-state index contributed by atoms with van der Waals surface area (Å²) in [6.07, 6.45) is 4.51. The van der Waals surface area contributed by atoms with E-state index in [0.29, 0.717) is 22.0 Å². The average molecular weight is 314 g/mol. The number of nitrogens with one attached hydrogen (secondary N) is 1. The molecule has 1 aromatic carbocycles. The van der Waals surface area contributed by atoms with Crippen LogP contribution in [0.4, 0.5) is 0 Å². The molecule has 1 aromatic rings. The lowest BCUT2D eigenvalue weighted by Gasteiger charge is -2.46. The molecule has 2 aliphatic rings. The number of piperidine rings is 1. The number of hydrogen-bond acceptors (Lipinski definition) is 2. The van der Waals surface area contributed by atoms with Crippen LogP contribution in [0, 0.1) is 5.92 Å². The first-order valence-electron chi connectivity index (χ1n) is 7.43. The van der Waals surface area contributed by atoms with Crippen molar-refractivity contribution >= 4 is 23.2 Å². The Morgan fingerprint density at radius 3 is 2.80 bits per heavy atom. The summed E-state index contributed by atoms with van der Waals surface area (Å²) in [6, 6.07) is 6.48. The number of hydrogen-bond donors (Lipinski definition) is 2. The lowest BCUT2D eigenvalue weighted by Crippen LogP contribution is -2.56. The van der Waals surface area contributed by atoms with Crippen molar-refractivity contribution in [1.29, 1.82) is 0 Å². The Hall–Kier alpha value is -0.280. The molecule has 0 saturated carbocycles. The summed E-state index contributed by atoms with van der Waals surface area (Å²) in [5.41, 5.74) is 1.30. The number of aliphatic hydroxyl groups excluding tert-OH is 1. The molecule has 0 spiro atoms. The van der Waals surface area contributed by atoms with Crippen molar-refractivity contribution in [3.8, 4) is 0 Å². The molecule has 0 radical (unpaired) electrons. The summed E-state index contributed by atoms with van der Waals surface area (Å²) in [5.74, 6) is 0.618. The molecular formula is C16H21Cl2NO. The molecule has 2 aliphatic heterocycles. The van der Waals surface area contributed by atoms with Crippen molar-refractivity contribution in [3.05, 3.63) is 33.8 Å². The summed E-state index contributed by atoms with van der Waals surface area (Å²) in [5, 5.41) is 14.9. The molecule has 110 valence electrons. The molecule has 3 rings (SSSR count). The molecule has 2 nitrogen and oxygen atoms in total. The third-order valence-electron chi connectivity index (χ3n) is 5.36. The number of rotatable bonds is 3. The molecule has 0 aliphatic carbocycles. The highest BCUT2D eigenvalue weighted by molar-refractivity contribution is 6.42. The van der Waals surface area contributed by atoms with Crippen LogP contribution in [-0.4, -0.2) is 23.3 Å². The molecule has 2 fully saturated rings. The third-order valence-corrected chi connectivity index (χ3v) is 6.10. The Morgan fingerprint density at radius 2 is 2.15 bits per heavy atom. The minimum atomic E-state index is 0.0917. The summed E-state index contributed by atoms with van der Waals surface area (Å²) in [4.78, 5) is 0. The van der Waals surface area contributed by atoms with Gasteiger partial charge in [-0.15, -0.1) is 0 Å². The van der Waals surface area contributed by atoms with Gasteiger partial charge in [0, 0.05) is 24.1 Å². The van der Waals surface area contributed by atoms with Crippen molar-refractivity contribution in [2.24, 2.45) is 5.92 Å². The van der Waals surface area contributed by atoms with Crippen LogP contribution in [-0.2, 0) is 0 Å². The van der Waals surface area contributed by atoms with E-state index in [1.54, 1.807) is 0 Å². The third kappa shape index (κ3) is 2.27. The zero-order valence-corrected chi connectivity index (χ0v) is 13.2. The van der Waals surface area contributed by atoms with Gasteiger partial charge in [-0.25, -0.2) is 0 Å². The first-order valence-corrected chi connectivity index (χ1v) is 8.18. The number of aliphatic hydroxyl groups is 1. The number of fused-ring (bicyclic) bond motifs is 2. The molecule has 0 aromatic heterocycles. The molecule has 4 atom stereocenters. The van der Waals surface area contributed by atoms with Crippen molar-refractivity contribution in [2.75, 3.05) is 6.61 Å². The molecule has 4 heteroatoms. The van der Waals surface area contributed by atoms with Crippen LogP contribution in [0.15, 0.2) is 18.2 Å². The fraction of sp³-hybridized carbons (Fsp3) is 0.625. The Bertz CT molecular complexity index is 507. The van der Waals surface area contributed by atoms with Crippen LogP contribution in [0.5, 0.6) is 0 Å². The lowest BCUT2D eigenvalue weighted by atomic mass is 9.69. The average Bonchev–Trinajstić information content (AvgIpc) is 2.80. The summed E-state index contributed by atoms with van der Waals surface area (Å²) >= 11 is 12.2. The topological polar surface area (TPSA) is 32.3 Å². The van der Waals surface area contributed by atoms with E-state index in [-0.39, 0.29) is 18.1 Å². The quantitative estimate of drug-likeness (QED) is 0.884. The Labute approximate surface area is 130 Å². The fourth-order valence-electron chi connectivity index (χ4n) is 4.26. The Balaban J connectivity index is 1.97. The first kappa shape index (κ1) is 14.6. The minimum Gasteiger partial charge on any atom is -0.396 e. The van der Waals surface area contributed by atoms with Gasteiger partial charge in [-0.05, 0) is 49.3 Å². The van der Waals surface area contributed by atoms with Gasteiger partial charge in [0.15, 0.2) is 0 Å². The molecule has 2 heterocycles. The van der Waals surface area contributed by atoms with Crippen LogP contribution in [0.2, 0.25) is 10.0 Å². The van der Waals surface area contributed by atoms with Crippen molar-refractivity contribution < 1.29 is 5.11 Å². The SMILES string of the molecule is CCC12CC[C@@H](C[C@H](c3ccc(Cl)c(Cl)c3)[C@H]1CO)N2. The number of benzene rings is 1. The summed E-state index contributed by atoms with van der Waals surface area (Å²) in [6.45, 7) is 2.44.